The summed E-state index contributed by atoms with van der Waals surface area (Å²) in [7, 11) is 0. The molecular formula is C18H22N2. The monoisotopic (exact) mass is 266 g/mol. The lowest BCUT2D eigenvalue weighted by Crippen LogP contribution is -2.54. The van der Waals surface area contributed by atoms with E-state index in [1.165, 1.54) is 31.2 Å². The third-order valence-corrected chi connectivity index (χ3v) is 5.92. The van der Waals surface area contributed by atoms with Crippen molar-refractivity contribution in [3.63, 3.8) is 0 Å². The van der Waals surface area contributed by atoms with E-state index in [-0.39, 0.29) is 5.41 Å². The first-order valence-corrected chi connectivity index (χ1v) is 8.02. The number of nitrogens with zero attached hydrogens (tertiary/aromatic N) is 1. The molecule has 0 aromatic heterocycles. The highest BCUT2D eigenvalue weighted by Crippen LogP contribution is 2.47. The summed E-state index contributed by atoms with van der Waals surface area (Å²) in [4.78, 5) is 0. The van der Waals surface area contributed by atoms with E-state index in [2.05, 4.69) is 23.5 Å². The minimum absolute atomic E-state index is 0.226. The predicted molar refractivity (Wildman–Crippen MR) is 79.1 cm³/mol. The third-order valence-electron chi connectivity index (χ3n) is 5.92. The van der Waals surface area contributed by atoms with Crippen LogP contribution >= 0.6 is 0 Å². The summed E-state index contributed by atoms with van der Waals surface area (Å²) in [5.74, 6) is 1.92. The molecule has 0 heterocycles. The van der Waals surface area contributed by atoms with Crippen LogP contribution < -0.4 is 5.32 Å². The lowest BCUT2D eigenvalue weighted by molar-refractivity contribution is 0.188. The van der Waals surface area contributed by atoms with Gasteiger partial charge in [0.1, 0.15) is 0 Å². The van der Waals surface area contributed by atoms with Gasteiger partial charge in [-0.1, -0.05) is 36.8 Å². The molecule has 2 nitrogen and oxygen atoms in total. The number of nitriles is 1. The van der Waals surface area contributed by atoms with E-state index in [1.807, 2.05) is 18.2 Å². The van der Waals surface area contributed by atoms with Gasteiger partial charge in [0, 0.05) is 12.1 Å². The molecule has 3 aliphatic rings. The number of rotatable bonds is 3. The first-order valence-electron chi connectivity index (χ1n) is 8.02. The Balaban J connectivity index is 1.40. The fraction of sp³-hybridized carbons (Fsp3) is 0.611. The number of hydrogen-bond acceptors (Lipinski definition) is 2. The summed E-state index contributed by atoms with van der Waals surface area (Å²) in [6.45, 7) is 0. The van der Waals surface area contributed by atoms with Crippen molar-refractivity contribution in [2.75, 3.05) is 0 Å². The third kappa shape index (κ3) is 1.88. The molecule has 20 heavy (non-hydrogen) atoms. The maximum Gasteiger partial charge on any atom is 0.0852 e. The normalized spacial score (nSPS) is 42.1. The van der Waals surface area contributed by atoms with Crippen LogP contribution in [-0.2, 0) is 5.41 Å². The molecule has 1 aromatic carbocycles. The van der Waals surface area contributed by atoms with E-state index in [9.17, 15) is 5.26 Å². The fourth-order valence-electron chi connectivity index (χ4n) is 4.80. The highest BCUT2D eigenvalue weighted by molar-refractivity contribution is 5.37. The first kappa shape index (κ1) is 12.4. The average molecular weight is 266 g/mol. The lowest BCUT2D eigenvalue weighted by atomic mass is 9.62. The van der Waals surface area contributed by atoms with Crippen molar-refractivity contribution in [2.24, 2.45) is 11.8 Å². The van der Waals surface area contributed by atoms with Crippen molar-refractivity contribution in [1.82, 2.24) is 5.32 Å². The Hall–Kier alpha value is -1.33. The van der Waals surface area contributed by atoms with Gasteiger partial charge in [-0.2, -0.15) is 5.26 Å². The van der Waals surface area contributed by atoms with Crippen LogP contribution in [0.15, 0.2) is 30.3 Å². The molecule has 3 fully saturated rings. The summed E-state index contributed by atoms with van der Waals surface area (Å²) >= 11 is 0. The highest BCUT2D eigenvalue weighted by atomic mass is 15.0. The van der Waals surface area contributed by atoms with Crippen LogP contribution in [0.3, 0.4) is 0 Å². The molecular weight excluding hydrogens is 244 g/mol. The molecule has 0 saturated heterocycles. The van der Waals surface area contributed by atoms with Gasteiger partial charge in [0.05, 0.1) is 11.5 Å². The van der Waals surface area contributed by atoms with Crippen LogP contribution in [0.5, 0.6) is 0 Å². The molecule has 2 bridgehead atoms. The molecule has 0 amide bonds. The van der Waals surface area contributed by atoms with Crippen LogP contribution in [-0.4, -0.2) is 12.1 Å². The van der Waals surface area contributed by atoms with E-state index < -0.39 is 0 Å². The Morgan fingerprint density at radius 2 is 1.90 bits per heavy atom. The van der Waals surface area contributed by atoms with Crippen molar-refractivity contribution in [3.8, 4) is 6.07 Å². The second-order valence-electron chi connectivity index (χ2n) is 7.11. The maximum absolute atomic E-state index is 9.60. The van der Waals surface area contributed by atoms with E-state index in [0.29, 0.717) is 6.04 Å². The summed E-state index contributed by atoms with van der Waals surface area (Å²) in [6.07, 6.45) is 7.69. The zero-order valence-electron chi connectivity index (χ0n) is 11.9. The van der Waals surface area contributed by atoms with Gasteiger partial charge in [-0.15, -0.1) is 0 Å². The van der Waals surface area contributed by atoms with Gasteiger partial charge >= 0.3 is 0 Å². The molecule has 0 spiro atoms. The summed E-state index contributed by atoms with van der Waals surface area (Å²) < 4.78 is 0. The largest absolute Gasteiger partial charge is 0.311 e. The quantitative estimate of drug-likeness (QED) is 0.910. The van der Waals surface area contributed by atoms with Crippen molar-refractivity contribution >= 4 is 0 Å². The second-order valence-corrected chi connectivity index (χ2v) is 7.11. The molecule has 1 N–H and O–H groups in total. The van der Waals surface area contributed by atoms with Gasteiger partial charge in [0.15, 0.2) is 0 Å². The fourth-order valence-corrected chi connectivity index (χ4v) is 4.80. The Kier molecular flexibility index (Phi) is 2.86. The highest BCUT2D eigenvalue weighted by Gasteiger charge is 2.48. The van der Waals surface area contributed by atoms with Crippen LogP contribution in [0.25, 0.3) is 0 Å². The van der Waals surface area contributed by atoms with Gasteiger partial charge in [0.25, 0.3) is 0 Å². The molecule has 0 radical (unpaired) electrons. The van der Waals surface area contributed by atoms with Crippen molar-refractivity contribution in [2.45, 2.75) is 56.0 Å². The maximum atomic E-state index is 9.60. The van der Waals surface area contributed by atoms with E-state index in [0.717, 1.165) is 30.7 Å². The molecule has 1 aromatic rings. The lowest BCUT2D eigenvalue weighted by Gasteiger charge is -2.45. The number of fused-ring (bicyclic) bond motifs is 2. The van der Waals surface area contributed by atoms with Gasteiger partial charge in [-0.05, 0) is 49.5 Å². The zero-order chi connectivity index (χ0) is 13.6. The minimum Gasteiger partial charge on any atom is -0.311 e. The Labute approximate surface area is 121 Å². The van der Waals surface area contributed by atoms with Crippen molar-refractivity contribution in [3.05, 3.63) is 35.9 Å². The minimum atomic E-state index is -0.226. The van der Waals surface area contributed by atoms with Crippen LogP contribution in [0.1, 0.15) is 44.1 Å². The van der Waals surface area contributed by atoms with Crippen LogP contribution in [0.4, 0.5) is 0 Å². The molecule has 0 aliphatic heterocycles. The van der Waals surface area contributed by atoms with E-state index in [1.54, 1.807) is 0 Å². The van der Waals surface area contributed by atoms with Gasteiger partial charge < -0.3 is 5.32 Å². The number of benzene rings is 1. The Morgan fingerprint density at radius 3 is 2.50 bits per heavy atom. The average Bonchev–Trinajstić information content (AvgIpc) is 3.06. The molecule has 3 aliphatic carbocycles. The molecule has 3 atom stereocenters. The topological polar surface area (TPSA) is 35.8 Å². The number of nitrogens with one attached hydrogen (secondary N) is 1. The first-order chi connectivity index (χ1) is 9.79. The second kappa shape index (κ2) is 4.60. The van der Waals surface area contributed by atoms with Gasteiger partial charge in [-0.25, -0.2) is 0 Å². The van der Waals surface area contributed by atoms with Gasteiger partial charge in [0.2, 0.25) is 0 Å². The van der Waals surface area contributed by atoms with E-state index >= 15 is 0 Å². The zero-order valence-corrected chi connectivity index (χ0v) is 11.9. The summed E-state index contributed by atoms with van der Waals surface area (Å²) in [5, 5.41) is 13.5. The van der Waals surface area contributed by atoms with Gasteiger partial charge in [-0.3, -0.25) is 0 Å². The molecule has 3 unspecified atom stereocenters. The summed E-state index contributed by atoms with van der Waals surface area (Å²) in [6, 6.07) is 14.2. The number of hydrogen-bond donors (Lipinski definition) is 1. The molecule has 3 saturated carbocycles. The van der Waals surface area contributed by atoms with Crippen molar-refractivity contribution in [1.29, 1.82) is 5.26 Å². The Morgan fingerprint density at radius 1 is 1.10 bits per heavy atom. The van der Waals surface area contributed by atoms with Crippen molar-refractivity contribution < 1.29 is 0 Å². The van der Waals surface area contributed by atoms with E-state index in [4.69, 9.17) is 0 Å². The standard InChI is InChI=1S/C18H22N2/c19-12-18(15-4-2-1-3-5-15)10-16(11-18)20-17-9-13-6-7-14(17)8-13/h1-5,13-14,16-17,20H,6-11H2. The molecule has 2 heteroatoms. The SMILES string of the molecule is N#CC1(c2ccccc2)CC(NC2CC3CCC2C3)C1. The Bertz CT molecular complexity index is 524. The predicted octanol–water partition coefficient (Wildman–Crippen LogP) is 3.39. The van der Waals surface area contributed by atoms with Crippen LogP contribution in [0.2, 0.25) is 0 Å². The molecule has 104 valence electrons. The molecule has 4 rings (SSSR count). The van der Waals surface area contributed by atoms with Crippen LogP contribution in [0, 0.1) is 23.2 Å². The summed E-state index contributed by atoms with van der Waals surface area (Å²) in [5.41, 5.74) is 0.977. The smallest absolute Gasteiger partial charge is 0.0852 e.